The molecule has 0 aliphatic carbocycles. The predicted octanol–water partition coefficient (Wildman–Crippen LogP) is 0.547. The third kappa shape index (κ3) is 2.66. The van der Waals surface area contributed by atoms with Gasteiger partial charge in [0.1, 0.15) is 11.8 Å². The maximum absolute atomic E-state index is 12.6. The van der Waals surface area contributed by atoms with Crippen molar-refractivity contribution in [3.8, 4) is 11.8 Å². The van der Waals surface area contributed by atoms with Crippen LogP contribution in [0.15, 0.2) is 11.1 Å². The first kappa shape index (κ1) is 13.3. The molecule has 0 atom stereocenters. The molecule has 0 radical (unpaired) electrons. The molecule has 2 N–H and O–H groups in total. The highest BCUT2D eigenvalue weighted by molar-refractivity contribution is 7.89. The van der Waals surface area contributed by atoms with Crippen LogP contribution in [0, 0.1) is 11.3 Å². The number of nitriles is 1. The summed E-state index contributed by atoms with van der Waals surface area (Å²) in [4.78, 5) is 3.26. The number of methoxy groups -OCH3 is 1. The zero-order valence-corrected chi connectivity index (χ0v) is 9.33. The molecule has 0 bridgehead atoms. The highest BCUT2D eigenvalue weighted by atomic mass is 32.2. The lowest BCUT2D eigenvalue weighted by atomic mass is 10.2. The van der Waals surface area contributed by atoms with Crippen molar-refractivity contribution in [2.75, 3.05) is 7.11 Å². The van der Waals surface area contributed by atoms with Crippen molar-refractivity contribution in [2.45, 2.75) is 11.5 Å². The Morgan fingerprint density at radius 3 is 2.53 bits per heavy atom. The van der Waals surface area contributed by atoms with Crippen molar-refractivity contribution in [3.63, 3.8) is 0 Å². The number of aromatic nitrogens is 1. The van der Waals surface area contributed by atoms with Gasteiger partial charge in [-0.2, -0.15) is 5.26 Å². The summed E-state index contributed by atoms with van der Waals surface area (Å²) in [5.74, 6) is -0.449. The molecule has 0 unspecified atom stereocenters. The Morgan fingerprint density at radius 2 is 2.18 bits per heavy atom. The Morgan fingerprint density at radius 1 is 1.59 bits per heavy atom. The molecule has 6 nitrogen and oxygen atoms in total. The van der Waals surface area contributed by atoms with Crippen LogP contribution in [-0.4, -0.2) is 20.5 Å². The van der Waals surface area contributed by atoms with Crippen molar-refractivity contribution >= 4 is 10.0 Å². The van der Waals surface area contributed by atoms with E-state index >= 15 is 0 Å². The summed E-state index contributed by atoms with van der Waals surface area (Å²) in [5.41, 5.74) is -1.49. The third-order valence-electron chi connectivity index (χ3n) is 1.83. The van der Waals surface area contributed by atoms with Crippen LogP contribution in [0.5, 0.6) is 5.75 Å². The molecule has 17 heavy (non-hydrogen) atoms. The van der Waals surface area contributed by atoms with Gasteiger partial charge in [0.15, 0.2) is 10.7 Å². The molecule has 92 valence electrons. The van der Waals surface area contributed by atoms with Crippen LogP contribution in [-0.2, 0) is 10.0 Å². The molecular weight excluding hydrogens is 256 g/mol. The number of rotatable bonds is 3. The smallest absolute Gasteiger partial charge is 0.270 e. The number of hydrogen-bond acceptors (Lipinski definition) is 5. The summed E-state index contributed by atoms with van der Waals surface area (Å²) in [7, 11) is -3.13. The Hall–Kier alpha value is -1.79. The number of alkyl halides is 2. The van der Waals surface area contributed by atoms with Gasteiger partial charge in [-0.05, 0) is 0 Å². The highest BCUT2D eigenvalue weighted by Gasteiger charge is 2.24. The SMILES string of the molecule is COc1cc(S(N)(=O)=O)nc(C#N)c1C(F)F. The van der Waals surface area contributed by atoms with E-state index in [1.165, 1.54) is 6.07 Å². The Bertz CT molecular complexity index is 580. The van der Waals surface area contributed by atoms with E-state index in [0.29, 0.717) is 0 Å². The summed E-state index contributed by atoms with van der Waals surface area (Å²) in [6.07, 6.45) is -3.01. The van der Waals surface area contributed by atoms with E-state index in [4.69, 9.17) is 10.4 Å². The minimum Gasteiger partial charge on any atom is -0.496 e. The largest absolute Gasteiger partial charge is 0.496 e. The minimum absolute atomic E-state index is 0.449. The monoisotopic (exact) mass is 263 g/mol. The Kier molecular flexibility index (Phi) is 3.59. The minimum atomic E-state index is -4.20. The van der Waals surface area contributed by atoms with E-state index < -0.39 is 38.5 Å². The quantitative estimate of drug-likeness (QED) is 0.856. The van der Waals surface area contributed by atoms with Crippen LogP contribution in [0.3, 0.4) is 0 Å². The molecular formula is C8H7F2N3O3S. The summed E-state index contributed by atoms with van der Waals surface area (Å²) in [5, 5.41) is 12.7. The standard InChI is InChI=1S/C8H7F2N3O3S/c1-16-5-2-6(17(12,14)15)13-4(3-11)7(5)8(9)10/h2,8H,1H3,(H2,12,14,15). The molecule has 9 heteroatoms. The average molecular weight is 263 g/mol. The van der Waals surface area contributed by atoms with E-state index in [1.807, 2.05) is 0 Å². The number of ether oxygens (including phenoxy) is 1. The molecule has 0 aliphatic heterocycles. The van der Waals surface area contributed by atoms with Gasteiger partial charge in [0.05, 0.1) is 12.7 Å². The van der Waals surface area contributed by atoms with E-state index in [9.17, 15) is 17.2 Å². The second-order valence-corrected chi connectivity index (χ2v) is 4.39. The van der Waals surface area contributed by atoms with Gasteiger partial charge in [-0.1, -0.05) is 0 Å². The van der Waals surface area contributed by atoms with Gasteiger partial charge in [0.25, 0.3) is 16.4 Å². The molecule has 0 fully saturated rings. The number of primary sulfonamides is 1. The molecule has 1 rings (SSSR count). The normalized spacial score (nSPS) is 11.3. The number of sulfonamides is 1. The molecule has 0 spiro atoms. The summed E-state index contributed by atoms with van der Waals surface area (Å²) < 4.78 is 51.9. The topological polar surface area (TPSA) is 106 Å². The highest BCUT2D eigenvalue weighted by Crippen LogP contribution is 2.32. The first-order valence-corrected chi connectivity index (χ1v) is 5.66. The van der Waals surface area contributed by atoms with Crippen LogP contribution in [0.2, 0.25) is 0 Å². The van der Waals surface area contributed by atoms with E-state index in [1.54, 1.807) is 0 Å². The molecule has 0 saturated heterocycles. The van der Waals surface area contributed by atoms with E-state index in [2.05, 4.69) is 9.72 Å². The number of nitrogens with two attached hydrogens (primary N) is 1. The molecule has 0 aliphatic rings. The molecule has 0 saturated carbocycles. The summed E-state index contributed by atoms with van der Waals surface area (Å²) >= 11 is 0. The maximum atomic E-state index is 12.6. The lowest BCUT2D eigenvalue weighted by molar-refractivity contribution is 0.146. The fraction of sp³-hybridized carbons (Fsp3) is 0.250. The first-order chi connectivity index (χ1) is 7.81. The van der Waals surface area contributed by atoms with Gasteiger partial charge in [0.2, 0.25) is 0 Å². The Labute approximate surface area is 95.7 Å². The van der Waals surface area contributed by atoms with Gasteiger partial charge in [0, 0.05) is 6.07 Å². The fourth-order valence-electron chi connectivity index (χ4n) is 1.12. The van der Waals surface area contributed by atoms with Gasteiger partial charge in [-0.15, -0.1) is 0 Å². The van der Waals surface area contributed by atoms with Crippen LogP contribution in [0.1, 0.15) is 17.7 Å². The zero-order valence-electron chi connectivity index (χ0n) is 8.52. The number of pyridine rings is 1. The first-order valence-electron chi connectivity index (χ1n) is 4.11. The second kappa shape index (κ2) is 4.60. The van der Waals surface area contributed by atoms with Crippen molar-refractivity contribution in [1.29, 1.82) is 5.26 Å². The fourth-order valence-corrected chi connectivity index (χ4v) is 1.61. The predicted molar refractivity (Wildman–Crippen MR) is 51.8 cm³/mol. The van der Waals surface area contributed by atoms with Crippen LogP contribution >= 0.6 is 0 Å². The maximum Gasteiger partial charge on any atom is 0.270 e. The van der Waals surface area contributed by atoms with Crippen molar-refractivity contribution in [1.82, 2.24) is 4.98 Å². The van der Waals surface area contributed by atoms with Crippen molar-refractivity contribution < 1.29 is 21.9 Å². The lowest BCUT2D eigenvalue weighted by Crippen LogP contribution is -2.15. The molecule has 1 aromatic rings. The van der Waals surface area contributed by atoms with Crippen LogP contribution in [0.25, 0.3) is 0 Å². The van der Waals surface area contributed by atoms with Crippen LogP contribution < -0.4 is 9.88 Å². The average Bonchev–Trinajstić information content (AvgIpc) is 2.25. The summed E-state index contributed by atoms with van der Waals surface area (Å²) in [6.45, 7) is 0. The van der Waals surface area contributed by atoms with Crippen molar-refractivity contribution in [2.24, 2.45) is 5.14 Å². The van der Waals surface area contributed by atoms with Gasteiger partial charge >= 0.3 is 0 Å². The third-order valence-corrected chi connectivity index (χ3v) is 2.62. The number of nitrogens with zero attached hydrogens (tertiary/aromatic N) is 2. The van der Waals surface area contributed by atoms with Gasteiger partial charge < -0.3 is 4.74 Å². The summed E-state index contributed by atoms with van der Waals surface area (Å²) in [6, 6.07) is 2.12. The van der Waals surface area contributed by atoms with Gasteiger partial charge in [-0.3, -0.25) is 0 Å². The lowest BCUT2D eigenvalue weighted by Gasteiger charge is -2.10. The van der Waals surface area contributed by atoms with Gasteiger partial charge in [-0.25, -0.2) is 27.3 Å². The Balaban J connectivity index is 3.63. The molecule has 0 aromatic carbocycles. The number of halogens is 2. The van der Waals surface area contributed by atoms with E-state index in [0.717, 1.165) is 13.2 Å². The molecule has 1 aromatic heterocycles. The molecule has 1 heterocycles. The van der Waals surface area contributed by atoms with E-state index in [-0.39, 0.29) is 0 Å². The second-order valence-electron chi connectivity index (χ2n) is 2.88. The molecule has 0 amide bonds. The zero-order chi connectivity index (χ0) is 13.2. The van der Waals surface area contributed by atoms with Crippen molar-refractivity contribution in [3.05, 3.63) is 17.3 Å². The van der Waals surface area contributed by atoms with Crippen LogP contribution in [0.4, 0.5) is 8.78 Å². The number of hydrogen-bond donors (Lipinski definition) is 1.